The molecule has 5 heteroatoms. The van der Waals surface area contributed by atoms with E-state index in [0.717, 1.165) is 29.8 Å². The van der Waals surface area contributed by atoms with Gasteiger partial charge in [-0.2, -0.15) is 0 Å². The number of nitrogens with one attached hydrogen (secondary N) is 1. The Morgan fingerprint density at radius 3 is 2.70 bits per heavy atom. The maximum atomic E-state index is 12.3. The van der Waals surface area contributed by atoms with Crippen LogP contribution in [0, 0.1) is 0 Å². The summed E-state index contributed by atoms with van der Waals surface area (Å²) in [5.41, 5.74) is 0.847. The Morgan fingerprint density at radius 2 is 2.00 bits per heavy atom. The predicted molar refractivity (Wildman–Crippen MR) is 89.2 cm³/mol. The van der Waals surface area contributed by atoms with Crippen LogP contribution < -0.4 is 5.32 Å². The molecule has 1 aromatic heterocycles. The van der Waals surface area contributed by atoms with Crippen molar-refractivity contribution in [3.05, 3.63) is 36.1 Å². The lowest BCUT2D eigenvalue weighted by atomic mass is 10.2. The molecule has 0 unspecified atom stereocenters. The summed E-state index contributed by atoms with van der Waals surface area (Å²) in [5, 5.41) is 4.07. The fraction of sp³-hybridized carbons (Fsp3) is 0.500. The standard InChI is InChI=1S/C18H24N2O3/c1-12-9-20(10-13(2)22-12)11-18(21)19-14(3)17-8-15-6-4-5-7-16(15)23-17/h4-8,12-14H,9-11H2,1-3H3,(H,19,21)/t12-,13-,14+/m1/s1. The highest BCUT2D eigenvalue weighted by atomic mass is 16.5. The number of amides is 1. The smallest absolute Gasteiger partial charge is 0.234 e. The third-order valence-corrected chi connectivity index (χ3v) is 4.11. The maximum Gasteiger partial charge on any atom is 0.234 e. The second-order valence-electron chi connectivity index (χ2n) is 6.43. The van der Waals surface area contributed by atoms with Crippen molar-refractivity contribution in [1.29, 1.82) is 0 Å². The molecule has 23 heavy (non-hydrogen) atoms. The van der Waals surface area contributed by atoms with Gasteiger partial charge in [0.05, 0.1) is 24.8 Å². The van der Waals surface area contributed by atoms with E-state index in [1.807, 2.05) is 51.1 Å². The third-order valence-electron chi connectivity index (χ3n) is 4.11. The average molecular weight is 316 g/mol. The van der Waals surface area contributed by atoms with Crippen LogP contribution in [-0.2, 0) is 9.53 Å². The first-order valence-corrected chi connectivity index (χ1v) is 8.17. The fourth-order valence-corrected chi connectivity index (χ4v) is 3.19. The van der Waals surface area contributed by atoms with Crippen molar-refractivity contribution in [2.75, 3.05) is 19.6 Å². The van der Waals surface area contributed by atoms with Crippen LogP contribution in [0.25, 0.3) is 11.0 Å². The van der Waals surface area contributed by atoms with E-state index in [1.165, 1.54) is 0 Å². The first-order valence-electron chi connectivity index (χ1n) is 8.17. The molecule has 1 saturated heterocycles. The molecule has 124 valence electrons. The molecule has 1 aromatic carbocycles. The summed E-state index contributed by atoms with van der Waals surface area (Å²) >= 11 is 0. The topological polar surface area (TPSA) is 54.7 Å². The van der Waals surface area contributed by atoms with Crippen LogP contribution in [0.15, 0.2) is 34.7 Å². The minimum absolute atomic E-state index is 0.0132. The number of fused-ring (bicyclic) bond motifs is 1. The van der Waals surface area contributed by atoms with E-state index in [2.05, 4.69) is 10.2 Å². The van der Waals surface area contributed by atoms with Gasteiger partial charge in [-0.25, -0.2) is 0 Å². The van der Waals surface area contributed by atoms with Crippen LogP contribution in [-0.4, -0.2) is 42.6 Å². The lowest BCUT2D eigenvalue weighted by molar-refractivity contribution is -0.126. The molecule has 2 aromatic rings. The monoisotopic (exact) mass is 316 g/mol. The van der Waals surface area contributed by atoms with Crippen molar-refractivity contribution >= 4 is 16.9 Å². The molecule has 0 radical (unpaired) electrons. The van der Waals surface area contributed by atoms with E-state index >= 15 is 0 Å². The number of carbonyl (C=O) groups excluding carboxylic acids is 1. The number of nitrogens with zero attached hydrogens (tertiary/aromatic N) is 1. The molecule has 1 amide bonds. The van der Waals surface area contributed by atoms with Gasteiger partial charge in [0.2, 0.25) is 5.91 Å². The molecule has 0 aliphatic carbocycles. The van der Waals surface area contributed by atoms with E-state index in [-0.39, 0.29) is 24.2 Å². The van der Waals surface area contributed by atoms with Crippen molar-refractivity contribution in [1.82, 2.24) is 10.2 Å². The van der Waals surface area contributed by atoms with E-state index in [1.54, 1.807) is 0 Å². The zero-order valence-electron chi connectivity index (χ0n) is 13.9. The van der Waals surface area contributed by atoms with Crippen LogP contribution in [0.3, 0.4) is 0 Å². The second-order valence-corrected chi connectivity index (χ2v) is 6.43. The van der Waals surface area contributed by atoms with Crippen molar-refractivity contribution < 1.29 is 13.9 Å². The van der Waals surface area contributed by atoms with Crippen LogP contribution in [0.2, 0.25) is 0 Å². The molecule has 5 nitrogen and oxygen atoms in total. The van der Waals surface area contributed by atoms with Gasteiger partial charge in [0, 0.05) is 18.5 Å². The number of para-hydroxylation sites is 1. The molecule has 0 bridgehead atoms. The molecule has 1 aliphatic heterocycles. The van der Waals surface area contributed by atoms with Gasteiger partial charge >= 0.3 is 0 Å². The van der Waals surface area contributed by atoms with Crippen LogP contribution >= 0.6 is 0 Å². The SMILES string of the molecule is C[C@@H]1CN(CC(=O)N[C@@H](C)c2cc3ccccc3o2)C[C@@H](C)O1. The maximum absolute atomic E-state index is 12.3. The van der Waals surface area contributed by atoms with Gasteiger partial charge in [0.1, 0.15) is 11.3 Å². The Hall–Kier alpha value is -1.85. The quantitative estimate of drug-likeness (QED) is 0.942. The van der Waals surface area contributed by atoms with Crippen molar-refractivity contribution in [3.8, 4) is 0 Å². The highest BCUT2D eigenvalue weighted by Gasteiger charge is 2.24. The molecule has 0 spiro atoms. The first-order chi connectivity index (χ1) is 11.0. The van der Waals surface area contributed by atoms with Gasteiger partial charge in [-0.3, -0.25) is 9.69 Å². The summed E-state index contributed by atoms with van der Waals surface area (Å²) in [6, 6.07) is 9.70. The summed E-state index contributed by atoms with van der Waals surface area (Å²) in [4.78, 5) is 14.4. The minimum Gasteiger partial charge on any atom is -0.459 e. The highest BCUT2D eigenvalue weighted by Crippen LogP contribution is 2.23. The molecule has 3 atom stereocenters. The second kappa shape index (κ2) is 6.72. The van der Waals surface area contributed by atoms with E-state index in [9.17, 15) is 4.79 Å². The Morgan fingerprint density at radius 1 is 1.30 bits per heavy atom. The summed E-state index contributed by atoms with van der Waals surface area (Å²) in [7, 11) is 0. The van der Waals surface area contributed by atoms with Gasteiger partial charge in [-0.15, -0.1) is 0 Å². The number of hydrogen-bond acceptors (Lipinski definition) is 4. The zero-order chi connectivity index (χ0) is 16.4. The molecule has 1 aliphatic rings. The minimum atomic E-state index is -0.147. The Bertz CT molecular complexity index is 639. The summed E-state index contributed by atoms with van der Waals surface area (Å²) in [6.07, 6.45) is 0.332. The lowest BCUT2D eigenvalue weighted by Gasteiger charge is -2.34. The van der Waals surface area contributed by atoms with Gasteiger partial charge in [0.15, 0.2) is 0 Å². The summed E-state index contributed by atoms with van der Waals surface area (Å²) in [5.74, 6) is 0.794. The third kappa shape index (κ3) is 3.92. The summed E-state index contributed by atoms with van der Waals surface area (Å²) in [6.45, 7) is 7.99. The van der Waals surface area contributed by atoms with Crippen LogP contribution in [0.5, 0.6) is 0 Å². The van der Waals surface area contributed by atoms with Gasteiger partial charge in [0.25, 0.3) is 0 Å². The van der Waals surface area contributed by atoms with Crippen molar-refractivity contribution in [2.24, 2.45) is 0 Å². The molecule has 0 saturated carbocycles. The molecule has 1 N–H and O–H groups in total. The fourth-order valence-electron chi connectivity index (χ4n) is 3.19. The zero-order valence-corrected chi connectivity index (χ0v) is 13.9. The normalized spacial score (nSPS) is 23.8. The number of morpholine rings is 1. The Balaban J connectivity index is 1.58. The molecule has 3 rings (SSSR count). The predicted octanol–water partition coefficient (Wildman–Crippen LogP) is 2.72. The van der Waals surface area contributed by atoms with Crippen LogP contribution in [0.1, 0.15) is 32.6 Å². The number of hydrogen-bond donors (Lipinski definition) is 1. The van der Waals surface area contributed by atoms with Crippen molar-refractivity contribution in [3.63, 3.8) is 0 Å². The number of furan rings is 1. The molecular weight excluding hydrogens is 292 g/mol. The molecule has 1 fully saturated rings. The molecule has 2 heterocycles. The number of benzene rings is 1. The van der Waals surface area contributed by atoms with Gasteiger partial charge in [-0.1, -0.05) is 18.2 Å². The number of ether oxygens (including phenoxy) is 1. The van der Waals surface area contributed by atoms with E-state index in [0.29, 0.717) is 6.54 Å². The Kier molecular flexibility index (Phi) is 4.68. The lowest BCUT2D eigenvalue weighted by Crippen LogP contribution is -2.49. The summed E-state index contributed by atoms with van der Waals surface area (Å²) < 4.78 is 11.5. The van der Waals surface area contributed by atoms with E-state index in [4.69, 9.17) is 9.15 Å². The van der Waals surface area contributed by atoms with Gasteiger partial charge < -0.3 is 14.5 Å². The molecular formula is C18H24N2O3. The van der Waals surface area contributed by atoms with Crippen LogP contribution in [0.4, 0.5) is 0 Å². The number of carbonyl (C=O) groups is 1. The largest absolute Gasteiger partial charge is 0.459 e. The van der Waals surface area contributed by atoms with Crippen molar-refractivity contribution in [2.45, 2.75) is 39.0 Å². The highest BCUT2D eigenvalue weighted by molar-refractivity contribution is 5.80. The first kappa shape index (κ1) is 16.0. The average Bonchev–Trinajstić information content (AvgIpc) is 2.89. The van der Waals surface area contributed by atoms with E-state index < -0.39 is 0 Å². The number of rotatable bonds is 4. The van der Waals surface area contributed by atoms with Gasteiger partial charge in [-0.05, 0) is 32.9 Å². The Labute approximate surface area is 136 Å².